The van der Waals surface area contributed by atoms with Crippen LogP contribution in [0, 0.1) is 13.8 Å². The Morgan fingerprint density at radius 3 is 2.10 bits per heavy atom. The number of hydrogen-bond donors (Lipinski definition) is 2. The first-order valence-electron chi connectivity index (χ1n) is 8.56. The number of nitrogens with zero attached hydrogens (tertiary/aromatic N) is 2. The minimum Gasteiger partial charge on any atom is -0.650 e. The van der Waals surface area contributed by atoms with Crippen LogP contribution in [-0.4, -0.2) is 19.0 Å². The van der Waals surface area contributed by atoms with E-state index in [2.05, 4.69) is 29.3 Å². The second-order valence-corrected chi connectivity index (χ2v) is 5.83. The third kappa shape index (κ3) is 7.00. The maximum Gasteiger partial charge on any atom is 1.00 e. The van der Waals surface area contributed by atoms with Crippen molar-refractivity contribution in [2.45, 2.75) is 6.92 Å². The largest absolute Gasteiger partial charge is 1.00 e. The summed E-state index contributed by atoms with van der Waals surface area (Å²) >= 11 is 0. The average molecular weight is 376 g/mol. The van der Waals surface area contributed by atoms with Gasteiger partial charge in [-0.15, -0.1) is 0 Å². The predicted molar refractivity (Wildman–Crippen MR) is 118 cm³/mol. The zero-order valence-corrected chi connectivity index (χ0v) is 16.6. The van der Waals surface area contributed by atoms with Crippen LogP contribution in [0.4, 0.5) is 17.1 Å². The summed E-state index contributed by atoms with van der Waals surface area (Å²) in [5, 5.41) is 13.7. The van der Waals surface area contributed by atoms with Crippen LogP contribution in [0.2, 0.25) is 0 Å². The van der Waals surface area contributed by atoms with Crippen molar-refractivity contribution in [1.29, 1.82) is 0 Å². The fraction of sp³-hybridized carbons (Fsp3) is 0.0435. The van der Waals surface area contributed by atoms with E-state index < -0.39 is 0 Å². The number of carbonyl (C=O) groups excluding carboxylic acids is 1. The SMILES string of the molecule is [CH-]=NC=[N-].[CH2-]C(=O)Nc1c(-c2ccccc2)ccc(Nc2ccccc2)c1C.[Li+]. The van der Waals surface area contributed by atoms with E-state index in [1.165, 1.54) is 0 Å². The van der Waals surface area contributed by atoms with Crippen LogP contribution in [0.3, 0.4) is 0 Å². The molecular formula is C23H21LiN4O-2. The van der Waals surface area contributed by atoms with Crippen molar-refractivity contribution in [2.24, 2.45) is 4.99 Å². The number of hydrogen-bond acceptors (Lipinski definition) is 2. The number of anilines is 3. The van der Waals surface area contributed by atoms with Gasteiger partial charge in [0.25, 0.3) is 0 Å². The first-order chi connectivity index (χ1) is 13.6. The number of para-hydroxylation sites is 1. The molecule has 0 aliphatic carbocycles. The summed E-state index contributed by atoms with van der Waals surface area (Å²) in [4.78, 5) is 14.2. The molecule has 0 spiro atoms. The Kier molecular flexibility index (Phi) is 10.0. The number of carbonyl (C=O) groups is 1. The van der Waals surface area contributed by atoms with Crippen LogP contribution < -0.4 is 29.5 Å². The van der Waals surface area contributed by atoms with Gasteiger partial charge < -0.3 is 39.5 Å². The Hall–Kier alpha value is -3.26. The monoisotopic (exact) mass is 376 g/mol. The van der Waals surface area contributed by atoms with E-state index in [4.69, 9.17) is 5.41 Å². The van der Waals surface area contributed by atoms with Gasteiger partial charge in [0.1, 0.15) is 0 Å². The van der Waals surface area contributed by atoms with Gasteiger partial charge in [-0.1, -0.05) is 54.6 Å². The second-order valence-electron chi connectivity index (χ2n) is 5.83. The fourth-order valence-electron chi connectivity index (χ4n) is 2.68. The summed E-state index contributed by atoms with van der Waals surface area (Å²) in [7, 11) is 0. The smallest absolute Gasteiger partial charge is 0.650 e. The van der Waals surface area contributed by atoms with Crippen LogP contribution >= 0.6 is 0 Å². The molecule has 0 fully saturated rings. The molecule has 1 amide bonds. The van der Waals surface area contributed by atoms with Crippen molar-refractivity contribution < 1.29 is 23.7 Å². The van der Waals surface area contributed by atoms with E-state index in [1.807, 2.05) is 79.7 Å². The first kappa shape index (κ1) is 23.8. The normalized spacial score (nSPS) is 9.14. The van der Waals surface area contributed by atoms with Gasteiger partial charge in [-0.05, 0) is 36.2 Å². The van der Waals surface area contributed by atoms with Gasteiger partial charge in [0.05, 0.1) is 11.6 Å². The summed E-state index contributed by atoms with van der Waals surface area (Å²) in [6.45, 7) is 9.79. The molecule has 0 atom stereocenters. The van der Waals surface area contributed by atoms with E-state index in [0.717, 1.165) is 33.8 Å². The van der Waals surface area contributed by atoms with E-state index in [0.29, 0.717) is 6.34 Å². The van der Waals surface area contributed by atoms with Crippen molar-refractivity contribution >= 4 is 36.0 Å². The maximum absolute atomic E-state index is 11.6. The molecule has 142 valence electrons. The number of benzene rings is 3. The van der Waals surface area contributed by atoms with E-state index in [-0.39, 0.29) is 24.8 Å². The van der Waals surface area contributed by atoms with Gasteiger partial charge in [-0.2, -0.15) is 0 Å². The Bertz CT molecular complexity index is 938. The molecule has 3 rings (SSSR count). The van der Waals surface area contributed by atoms with Crippen molar-refractivity contribution in [2.75, 3.05) is 10.6 Å². The predicted octanol–water partition coefficient (Wildman–Crippen LogP) is 2.34. The van der Waals surface area contributed by atoms with Gasteiger partial charge in [-0.3, -0.25) is 6.34 Å². The molecule has 0 saturated carbocycles. The number of rotatable bonds is 5. The fourth-order valence-corrected chi connectivity index (χ4v) is 2.68. The van der Waals surface area contributed by atoms with Gasteiger partial charge >= 0.3 is 18.9 Å². The van der Waals surface area contributed by atoms with Crippen molar-refractivity contribution in [3.05, 3.63) is 90.7 Å². The van der Waals surface area contributed by atoms with Crippen LogP contribution in [0.15, 0.2) is 77.8 Å². The van der Waals surface area contributed by atoms with Gasteiger partial charge in [-0.25, -0.2) is 0 Å². The Morgan fingerprint density at radius 1 is 1.03 bits per heavy atom. The number of amides is 1. The molecule has 29 heavy (non-hydrogen) atoms. The topological polar surface area (TPSA) is 75.8 Å². The average Bonchev–Trinajstić information content (AvgIpc) is 2.72. The van der Waals surface area contributed by atoms with Gasteiger partial charge in [0.15, 0.2) is 0 Å². The summed E-state index contributed by atoms with van der Waals surface area (Å²) in [5.74, 6) is -0.327. The zero-order valence-electron chi connectivity index (χ0n) is 16.6. The minimum atomic E-state index is -0.327. The minimum absolute atomic E-state index is 0. The Morgan fingerprint density at radius 2 is 1.59 bits per heavy atom. The molecular weight excluding hydrogens is 355 g/mol. The van der Waals surface area contributed by atoms with Gasteiger partial charge in [0, 0.05) is 16.9 Å². The molecule has 3 aromatic carbocycles. The maximum atomic E-state index is 11.6. The van der Waals surface area contributed by atoms with E-state index in [1.54, 1.807) is 0 Å². The molecule has 0 radical (unpaired) electrons. The van der Waals surface area contributed by atoms with Crippen molar-refractivity contribution in [1.82, 2.24) is 0 Å². The van der Waals surface area contributed by atoms with Crippen LogP contribution in [0.1, 0.15) is 5.56 Å². The Labute approximate surface area is 184 Å². The summed E-state index contributed by atoms with van der Waals surface area (Å²) in [5.41, 5.74) is 5.73. The molecule has 6 heteroatoms. The molecule has 0 heterocycles. The number of aliphatic imine (C=N–C) groups is 1. The molecule has 2 N–H and O–H groups in total. The van der Waals surface area contributed by atoms with Crippen molar-refractivity contribution in [3.8, 4) is 11.1 Å². The molecule has 0 unspecified atom stereocenters. The quantitative estimate of drug-likeness (QED) is 0.310. The second kappa shape index (κ2) is 12.2. The molecule has 3 aromatic rings. The third-order valence-corrected chi connectivity index (χ3v) is 3.93. The van der Waals surface area contributed by atoms with Crippen LogP contribution in [-0.2, 0) is 4.79 Å². The van der Waals surface area contributed by atoms with E-state index in [9.17, 15) is 4.79 Å². The standard InChI is InChI=1S/C21H19N2O.C2H2N2.Li/c1-15-20(23-18-11-7-4-8-12-18)14-13-19(21(15)22-16(2)24)17-9-5-3-6-10-17;1-4-2-3;/h3-14,23H,2H2,1H3,(H,22,24);1-2H;/q-1;-2;+1. The molecule has 0 aliphatic heterocycles. The van der Waals surface area contributed by atoms with Gasteiger partial charge in [0.2, 0.25) is 0 Å². The summed E-state index contributed by atoms with van der Waals surface area (Å²) < 4.78 is 0. The van der Waals surface area contributed by atoms with Crippen molar-refractivity contribution in [3.63, 3.8) is 0 Å². The third-order valence-electron chi connectivity index (χ3n) is 3.93. The van der Waals surface area contributed by atoms with Crippen LogP contribution in [0.5, 0.6) is 0 Å². The molecule has 0 aliphatic rings. The zero-order chi connectivity index (χ0) is 20.4. The van der Waals surface area contributed by atoms with E-state index >= 15 is 0 Å². The molecule has 0 bridgehead atoms. The molecule has 0 saturated heterocycles. The molecule has 0 aromatic heterocycles. The summed E-state index contributed by atoms with van der Waals surface area (Å²) in [6, 6.07) is 24.0. The summed E-state index contributed by atoms with van der Waals surface area (Å²) in [6.07, 6.45) is 0.528. The Balaban J connectivity index is 0.000000771. The van der Waals surface area contributed by atoms with Crippen LogP contribution in [0.25, 0.3) is 16.5 Å². The molecule has 5 nitrogen and oxygen atoms in total. The number of nitrogens with one attached hydrogen (secondary N) is 2. The first-order valence-corrected chi connectivity index (χ1v) is 8.56.